The van der Waals surface area contributed by atoms with Crippen molar-refractivity contribution in [2.45, 2.75) is 25.8 Å². The number of hydrogen-bond acceptors (Lipinski definition) is 2. The van der Waals surface area contributed by atoms with Crippen LogP contribution in [0.25, 0.3) is 0 Å². The Morgan fingerprint density at radius 2 is 2.33 bits per heavy atom. The average Bonchev–Trinajstić information content (AvgIpc) is 2.47. The Morgan fingerprint density at radius 1 is 1.50 bits per heavy atom. The van der Waals surface area contributed by atoms with Crippen molar-refractivity contribution in [2.24, 2.45) is 5.92 Å². The molecule has 2 heterocycles. The maximum atomic E-state index is 4.03. The fourth-order valence-electron chi connectivity index (χ4n) is 2.54. The molecule has 0 bridgehead atoms. The number of piperidine rings is 1. The highest BCUT2D eigenvalue weighted by Crippen LogP contribution is 2.30. The second-order valence-corrected chi connectivity index (χ2v) is 4.04. The van der Waals surface area contributed by atoms with Crippen LogP contribution in [0.2, 0.25) is 0 Å². The van der Waals surface area contributed by atoms with Crippen molar-refractivity contribution in [1.29, 1.82) is 0 Å². The molecular weight excluding hydrogens is 148 g/mol. The lowest BCUT2D eigenvalue weighted by Gasteiger charge is -2.33. The lowest BCUT2D eigenvalue weighted by molar-refractivity contribution is 0.236. The molecule has 2 nitrogen and oxygen atoms in total. The minimum Gasteiger partial charge on any atom is -0.371 e. The molecule has 2 rings (SSSR count). The third-order valence-electron chi connectivity index (χ3n) is 3.22. The Labute approximate surface area is 74.6 Å². The number of nitrogens with one attached hydrogen (secondary N) is 1. The summed E-state index contributed by atoms with van der Waals surface area (Å²) in [6, 6.07) is 0.747. The second-order valence-electron chi connectivity index (χ2n) is 4.04. The van der Waals surface area contributed by atoms with Crippen LogP contribution in [0.5, 0.6) is 0 Å². The number of hydrogen-bond donors (Lipinski definition) is 1. The van der Waals surface area contributed by atoms with Gasteiger partial charge in [-0.05, 0) is 32.2 Å². The fraction of sp³-hybridized carbons (Fsp3) is 0.800. The van der Waals surface area contributed by atoms with Gasteiger partial charge in [0.25, 0.3) is 0 Å². The van der Waals surface area contributed by atoms with Crippen molar-refractivity contribution in [2.75, 3.05) is 19.6 Å². The van der Waals surface area contributed by atoms with Crippen LogP contribution in [0.4, 0.5) is 0 Å². The summed E-state index contributed by atoms with van der Waals surface area (Å²) in [5.74, 6) is 0.933. The van der Waals surface area contributed by atoms with Crippen LogP contribution >= 0.6 is 0 Å². The SMILES string of the molecule is C=C(C)N1CC[C@@H]2CCNC[C@@H]21. The van der Waals surface area contributed by atoms with Crippen molar-refractivity contribution in [3.8, 4) is 0 Å². The first-order valence-electron chi connectivity index (χ1n) is 4.92. The van der Waals surface area contributed by atoms with Gasteiger partial charge in [0.2, 0.25) is 0 Å². The Hall–Kier alpha value is -0.500. The van der Waals surface area contributed by atoms with E-state index in [1.807, 2.05) is 0 Å². The predicted molar refractivity (Wildman–Crippen MR) is 50.9 cm³/mol. The maximum Gasteiger partial charge on any atom is 0.0440 e. The molecule has 0 saturated carbocycles. The topological polar surface area (TPSA) is 15.3 Å². The Morgan fingerprint density at radius 3 is 3.08 bits per heavy atom. The zero-order valence-corrected chi connectivity index (χ0v) is 7.84. The summed E-state index contributed by atoms with van der Waals surface area (Å²) >= 11 is 0. The summed E-state index contributed by atoms with van der Waals surface area (Å²) in [5.41, 5.74) is 1.24. The summed E-state index contributed by atoms with van der Waals surface area (Å²) in [6.07, 6.45) is 2.73. The number of likely N-dealkylation sites (tertiary alicyclic amines) is 1. The van der Waals surface area contributed by atoms with Crippen LogP contribution in [-0.4, -0.2) is 30.6 Å². The Balaban J connectivity index is 2.05. The van der Waals surface area contributed by atoms with E-state index < -0.39 is 0 Å². The highest BCUT2D eigenvalue weighted by atomic mass is 15.2. The number of rotatable bonds is 1. The molecule has 68 valence electrons. The third-order valence-corrected chi connectivity index (χ3v) is 3.22. The number of nitrogens with zero attached hydrogens (tertiary/aromatic N) is 1. The van der Waals surface area contributed by atoms with Gasteiger partial charge in [-0.1, -0.05) is 6.58 Å². The number of fused-ring (bicyclic) bond motifs is 1. The van der Waals surface area contributed by atoms with Crippen LogP contribution in [-0.2, 0) is 0 Å². The molecule has 0 amide bonds. The molecule has 2 fully saturated rings. The number of allylic oxidation sites excluding steroid dienone is 1. The zero-order valence-electron chi connectivity index (χ0n) is 7.84. The Bertz CT molecular complexity index is 188. The first kappa shape index (κ1) is 8.11. The molecule has 1 N–H and O–H groups in total. The zero-order chi connectivity index (χ0) is 8.55. The lowest BCUT2D eigenvalue weighted by atomic mass is 9.93. The van der Waals surface area contributed by atoms with E-state index in [1.165, 1.54) is 31.6 Å². The van der Waals surface area contributed by atoms with Crippen LogP contribution < -0.4 is 5.32 Å². The van der Waals surface area contributed by atoms with E-state index in [9.17, 15) is 0 Å². The van der Waals surface area contributed by atoms with Crippen LogP contribution in [0.15, 0.2) is 12.3 Å². The molecule has 0 aromatic rings. The standard InChI is InChI=1S/C10H18N2/c1-8(2)12-6-4-9-3-5-11-7-10(9)12/h9-11H,1,3-7H2,2H3/t9-,10-/m0/s1. The van der Waals surface area contributed by atoms with Gasteiger partial charge in [-0.25, -0.2) is 0 Å². The summed E-state index contributed by atoms with van der Waals surface area (Å²) in [4.78, 5) is 2.47. The summed E-state index contributed by atoms with van der Waals surface area (Å²) in [5, 5.41) is 3.46. The van der Waals surface area contributed by atoms with E-state index in [-0.39, 0.29) is 0 Å². The van der Waals surface area contributed by atoms with Gasteiger partial charge in [0.05, 0.1) is 0 Å². The minimum absolute atomic E-state index is 0.747. The third kappa shape index (κ3) is 1.24. The van der Waals surface area contributed by atoms with Gasteiger partial charge < -0.3 is 10.2 Å². The van der Waals surface area contributed by atoms with Crippen LogP contribution in [0, 0.1) is 5.92 Å². The molecule has 0 aliphatic carbocycles. The molecule has 0 unspecified atom stereocenters. The van der Waals surface area contributed by atoms with Gasteiger partial charge in [0.1, 0.15) is 0 Å². The van der Waals surface area contributed by atoms with E-state index in [0.717, 1.165) is 18.5 Å². The predicted octanol–water partition coefficient (Wildman–Crippen LogP) is 1.20. The van der Waals surface area contributed by atoms with Crippen molar-refractivity contribution in [3.63, 3.8) is 0 Å². The second kappa shape index (κ2) is 3.09. The van der Waals surface area contributed by atoms with Gasteiger partial charge >= 0.3 is 0 Å². The summed E-state index contributed by atoms with van der Waals surface area (Å²) in [7, 11) is 0. The van der Waals surface area contributed by atoms with Gasteiger partial charge in [0, 0.05) is 24.8 Å². The smallest absolute Gasteiger partial charge is 0.0440 e. The molecule has 2 aliphatic heterocycles. The monoisotopic (exact) mass is 166 g/mol. The molecule has 2 aliphatic rings. The maximum absolute atomic E-state index is 4.03. The first-order chi connectivity index (χ1) is 5.79. The summed E-state index contributed by atoms with van der Waals surface area (Å²) < 4.78 is 0. The molecule has 0 aromatic carbocycles. The van der Waals surface area contributed by atoms with Crippen molar-refractivity contribution < 1.29 is 0 Å². The van der Waals surface area contributed by atoms with Crippen molar-refractivity contribution in [3.05, 3.63) is 12.3 Å². The van der Waals surface area contributed by atoms with E-state index in [4.69, 9.17) is 0 Å². The molecule has 2 atom stereocenters. The normalized spacial score (nSPS) is 34.9. The van der Waals surface area contributed by atoms with Gasteiger partial charge in [0.15, 0.2) is 0 Å². The quantitative estimate of drug-likeness (QED) is 0.630. The Kier molecular flexibility index (Phi) is 2.09. The highest BCUT2D eigenvalue weighted by Gasteiger charge is 2.34. The van der Waals surface area contributed by atoms with E-state index in [0.29, 0.717) is 0 Å². The molecule has 2 heteroatoms. The molecule has 0 aromatic heterocycles. The minimum atomic E-state index is 0.747. The molecular formula is C10H18N2. The molecule has 0 spiro atoms. The molecule has 12 heavy (non-hydrogen) atoms. The van der Waals surface area contributed by atoms with E-state index >= 15 is 0 Å². The van der Waals surface area contributed by atoms with Crippen LogP contribution in [0.1, 0.15) is 19.8 Å². The van der Waals surface area contributed by atoms with Gasteiger partial charge in [-0.3, -0.25) is 0 Å². The fourth-order valence-corrected chi connectivity index (χ4v) is 2.54. The van der Waals surface area contributed by atoms with Crippen LogP contribution in [0.3, 0.4) is 0 Å². The van der Waals surface area contributed by atoms with E-state index in [1.54, 1.807) is 0 Å². The first-order valence-corrected chi connectivity index (χ1v) is 4.92. The van der Waals surface area contributed by atoms with Crippen molar-refractivity contribution in [1.82, 2.24) is 10.2 Å². The average molecular weight is 166 g/mol. The van der Waals surface area contributed by atoms with E-state index in [2.05, 4.69) is 23.7 Å². The largest absolute Gasteiger partial charge is 0.371 e. The lowest BCUT2D eigenvalue weighted by Crippen LogP contribution is -2.44. The van der Waals surface area contributed by atoms with Gasteiger partial charge in [-0.2, -0.15) is 0 Å². The highest BCUT2D eigenvalue weighted by molar-refractivity contribution is 5.01. The summed E-state index contributed by atoms with van der Waals surface area (Å²) in [6.45, 7) is 9.75. The van der Waals surface area contributed by atoms with Crippen molar-refractivity contribution >= 4 is 0 Å². The van der Waals surface area contributed by atoms with Gasteiger partial charge in [-0.15, -0.1) is 0 Å². The molecule has 0 radical (unpaired) electrons. The molecule has 2 saturated heterocycles.